The van der Waals surface area contributed by atoms with E-state index in [0.717, 1.165) is 0 Å². The minimum atomic E-state index is -0.419. The van der Waals surface area contributed by atoms with E-state index < -0.39 is 5.82 Å². The quantitative estimate of drug-likeness (QED) is 0.643. The summed E-state index contributed by atoms with van der Waals surface area (Å²) in [7, 11) is 1.53. The lowest BCUT2D eigenvalue weighted by molar-refractivity contribution is 0.0992. The molecule has 0 aliphatic carbocycles. The molecule has 19 heavy (non-hydrogen) atoms. The molecule has 4 nitrogen and oxygen atoms in total. The molecule has 0 spiro atoms. The molecule has 0 atom stereocenters. The van der Waals surface area contributed by atoms with Gasteiger partial charge in [-0.15, -0.1) is 0 Å². The summed E-state index contributed by atoms with van der Waals surface area (Å²) in [5, 5.41) is 9.49. The van der Waals surface area contributed by atoms with Crippen molar-refractivity contribution in [2.75, 3.05) is 17.7 Å². The molecule has 0 aromatic heterocycles. The number of benzene rings is 2. The van der Waals surface area contributed by atoms with Crippen molar-refractivity contribution in [3.8, 4) is 5.75 Å². The molecule has 0 aliphatic rings. The second kappa shape index (κ2) is 4.97. The van der Waals surface area contributed by atoms with Gasteiger partial charge in [0.1, 0.15) is 11.6 Å². The predicted octanol–water partition coefficient (Wildman–Crippen LogP) is 2.39. The summed E-state index contributed by atoms with van der Waals surface area (Å²) in [5.74, 6) is -0.934. The Hall–Kier alpha value is -2.56. The molecule has 98 valence electrons. The van der Waals surface area contributed by atoms with Gasteiger partial charge >= 0.3 is 0 Å². The number of hydrogen-bond acceptors (Lipinski definition) is 3. The molecule has 0 aliphatic heterocycles. The number of aromatic hydroxyl groups is 1. The van der Waals surface area contributed by atoms with Gasteiger partial charge in [0.05, 0.1) is 5.69 Å². The van der Waals surface area contributed by atoms with Gasteiger partial charge in [-0.05, 0) is 36.4 Å². The van der Waals surface area contributed by atoms with Gasteiger partial charge in [0.25, 0.3) is 5.91 Å². The van der Waals surface area contributed by atoms with Crippen molar-refractivity contribution in [3.63, 3.8) is 0 Å². The van der Waals surface area contributed by atoms with E-state index in [1.165, 1.54) is 48.3 Å². The fourth-order valence-corrected chi connectivity index (χ4v) is 1.67. The second-order valence-electron chi connectivity index (χ2n) is 4.12. The summed E-state index contributed by atoms with van der Waals surface area (Å²) in [6.07, 6.45) is 0. The van der Waals surface area contributed by atoms with E-state index in [4.69, 9.17) is 5.73 Å². The number of anilines is 2. The highest BCUT2D eigenvalue weighted by Crippen LogP contribution is 2.23. The van der Waals surface area contributed by atoms with E-state index in [0.29, 0.717) is 5.69 Å². The monoisotopic (exact) mass is 260 g/mol. The predicted molar refractivity (Wildman–Crippen MR) is 71.7 cm³/mol. The van der Waals surface area contributed by atoms with Crippen molar-refractivity contribution in [3.05, 3.63) is 53.8 Å². The Morgan fingerprint density at radius 1 is 1.26 bits per heavy atom. The van der Waals surface area contributed by atoms with E-state index in [9.17, 15) is 14.3 Å². The van der Waals surface area contributed by atoms with E-state index in [1.54, 1.807) is 6.07 Å². The number of hydrogen-bond donors (Lipinski definition) is 2. The molecule has 5 heteroatoms. The maximum Gasteiger partial charge on any atom is 0.258 e. The second-order valence-corrected chi connectivity index (χ2v) is 4.12. The molecule has 2 aromatic carbocycles. The van der Waals surface area contributed by atoms with Crippen LogP contribution in [0.5, 0.6) is 5.75 Å². The van der Waals surface area contributed by atoms with Crippen molar-refractivity contribution in [2.45, 2.75) is 0 Å². The summed E-state index contributed by atoms with van der Waals surface area (Å²) in [6, 6.07) is 9.95. The summed E-state index contributed by atoms with van der Waals surface area (Å²) < 4.78 is 13.1. The molecule has 0 saturated carbocycles. The fourth-order valence-electron chi connectivity index (χ4n) is 1.67. The Morgan fingerprint density at radius 3 is 2.63 bits per heavy atom. The Balaban J connectivity index is 2.30. The molecular weight excluding hydrogens is 247 g/mol. The number of nitrogens with zero attached hydrogens (tertiary/aromatic N) is 1. The average molecular weight is 260 g/mol. The Morgan fingerprint density at radius 2 is 2.00 bits per heavy atom. The Labute approximate surface area is 109 Å². The highest BCUT2D eigenvalue weighted by molar-refractivity contribution is 6.06. The fraction of sp³-hybridized carbons (Fsp3) is 0.0714. The Kier molecular flexibility index (Phi) is 3.37. The molecule has 0 radical (unpaired) electrons. The lowest BCUT2D eigenvalue weighted by Crippen LogP contribution is -2.26. The molecule has 0 saturated heterocycles. The van der Waals surface area contributed by atoms with Gasteiger partial charge in [0, 0.05) is 18.3 Å². The number of phenolic OH excluding ortho intramolecular Hbond substituents is 1. The highest BCUT2D eigenvalue weighted by Gasteiger charge is 2.15. The topological polar surface area (TPSA) is 66.6 Å². The van der Waals surface area contributed by atoms with Gasteiger partial charge in [0.2, 0.25) is 0 Å². The third-order valence-corrected chi connectivity index (χ3v) is 2.78. The van der Waals surface area contributed by atoms with Crippen LogP contribution in [0, 0.1) is 5.82 Å². The number of phenols is 1. The highest BCUT2D eigenvalue weighted by atomic mass is 19.1. The molecule has 2 rings (SSSR count). The van der Waals surface area contributed by atoms with E-state index in [-0.39, 0.29) is 22.9 Å². The number of nitrogen functional groups attached to an aromatic ring is 1. The average Bonchev–Trinajstić information content (AvgIpc) is 2.40. The maximum atomic E-state index is 13.1. The van der Waals surface area contributed by atoms with E-state index >= 15 is 0 Å². The third kappa shape index (κ3) is 2.65. The minimum Gasteiger partial charge on any atom is -0.506 e. The van der Waals surface area contributed by atoms with Crippen molar-refractivity contribution >= 4 is 17.3 Å². The van der Waals surface area contributed by atoms with Crippen LogP contribution in [0.4, 0.5) is 15.8 Å². The van der Waals surface area contributed by atoms with Crippen LogP contribution in [0.25, 0.3) is 0 Å². The van der Waals surface area contributed by atoms with Gasteiger partial charge < -0.3 is 15.7 Å². The zero-order valence-electron chi connectivity index (χ0n) is 10.3. The zero-order chi connectivity index (χ0) is 14.0. The zero-order valence-corrected chi connectivity index (χ0v) is 10.3. The summed E-state index contributed by atoms with van der Waals surface area (Å²) in [6.45, 7) is 0. The lowest BCUT2D eigenvalue weighted by Gasteiger charge is -2.17. The molecule has 0 bridgehead atoms. The van der Waals surface area contributed by atoms with Crippen LogP contribution in [0.2, 0.25) is 0 Å². The summed E-state index contributed by atoms with van der Waals surface area (Å²) >= 11 is 0. The minimum absolute atomic E-state index is 0.154. The molecule has 0 heterocycles. The lowest BCUT2D eigenvalue weighted by atomic mass is 10.1. The maximum absolute atomic E-state index is 13.1. The molecular formula is C14H13FN2O2. The molecule has 2 aromatic rings. The van der Waals surface area contributed by atoms with E-state index in [1.807, 2.05) is 0 Å². The first kappa shape index (κ1) is 12.9. The smallest absolute Gasteiger partial charge is 0.258 e. The third-order valence-electron chi connectivity index (χ3n) is 2.78. The van der Waals surface area contributed by atoms with Gasteiger partial charge in [-0.2, -0.15) is 0 Å². The molecule has 1 amide bonds. The summed E-state index contributed by atoms with van der Waals surface area (Å²) in [4.78, 5) is 13.5. The van der Waals surface area contributed by atoms with Crippen LogP contribution in [-0.4, -0.2) is 18.1 Å². The summed E-state index contributed by atoms with van der Waals surface area (Å²) in [5.41, 5.74) is 6.38. The van der Waals surface area contributed by atoms with Gasteiger partial charge in [-0.25, -0.2) is 4.39 Å². The molecule has 0 fully saturated rings. The van der Waals surface area contributed by atoms with Gasteiger partial charge in [-0.1, -0.05) is 6.07 Å². The number of halogens is 1. The SMILES string of the molecule is CN(C(=O)c1ccc(N)c(O)c1)c1cccc(F)c1. The van der Waals surface area contributed by atoms with Gasteiger partial charge in [0.15, 0.2) is 0 Å². The van der Waals surface area contributed by atoms with Crippen LogP contribution >= 0.6 is 0 Å². The molecule has 0 unspecified atom stereocenters. The largest absolute Gasteiger partial charge is 0.506 e. The van der Waals surface area contributed by atoms with Crippen molar-refractivity contribution in [1.82, 2.24) is 0 Å². The van der Waals surface area contributed by atoms with E-state index in [2.05, 4.69) is 0 Å². The number of carbonyl (C=O) groups is 1. The van der Waals surface area contributed by atoms with Gasteiger partial charge in [-0.3, -0.25) is 4.79 Å². The van der Waals surface area contributed by atoms with Crippen LogP contribution in [-0.2, 0) is 0 Å². The number of carbonyl (C=O) groups excluding carboxylic acids is 1. The van der Waals surface area contributed by atoms with Crippen molar-refractivity contribution in [2.24, 2.45) is 0 Å². The number of nitrogens with two attached hydrogens (primary N) is 1. The van der Waals surface area contributed by atoms with Crippen molar-refractivity contribution in [1.29, 1.82) is 0 Å². The first-order chi connectivity index (χ1) is 8.99. The normalized spacial score (nSPS) is 10.2. The van der Waals surface area contributed by atoms with Crippen LogP contribution < -0.4 is 10.6 Å². The Bertz CT molecular complexity index is 629. The van der Waals surface area contributed by atoms with Crippen LogP contribution in [0.15, 0.2) is 42.5 Å². The number of amides is 1. The number of rotatable bonds is 2. The van der Waals surface area contributed by atoms with Crippen LogP contribution in [0.3, 0.4) is 0 Å². The standard InChI is InChI=1S/C14H13FN2O2/c1-17(11-4-2-3-10(15)8-11)14(19)9-5-6-12(16)13(18)7-9/h2-8,18H,16H2,1H3. The van der Waals surface area contributed by atoms with Crippen molar-refractivity contribution < 1.29 is 14.3 Å². The first-order valence-corrected chi connectivity index (χ1v) is 5.61. The van der Waals surface area contributed by atoms with Crippen LogP contribution in [0.1, 0.15) is 10.4 Å². The molecule has 3 N–H and O–H groups in total. The first-order valence-electron chi connectivity index (χ1n) is 5.61.